The van der Waals surface area contributed by atoms with Gasteiger partial charge in [-0.3, -0.25) is 9.59 Å². The zero-order valence-electron chi connectivity index (χ0n) is 16.9. The van der Waals surface area contributed by atoms with Gasteiger partial charge in [-0.2, -0.15) is 0 Å². The van der Waals surface area contributed by atoms with E-state index in [0.717, 1.165) is 37.1 Å². The molecule has 0 bridgehead atoms. The summed E-state index contributed by atoms with van der Waals surface area (Å²) in [5.41, 5.74) is 3.29. The Hall–Kier alpha value is -3.22. The van der Waals surface area contributed by atoms with Crippen LogP contribution in [-0.4, -0.2) is 47.0 Å². The van der Waals surface area contributed by atoms with E-state index in [0.29, 0.717) is 41.2 Å². The molecular formula is C23H24N4O3. The van der Waals surface area contributed by atoms with Crippen LogP contribution >= 0.6 is 0 Å². The van der Waals surface area contributed by atoms with Gasteiger partial charge in [-0.05, 0) is 43.9 Å². The standard InChI is InChI=1S/C23H24N4O3/c1-24-21(28)17-12-18(14-9-10-14)25-22-19(17)20(26-30-22)16-8-5-11-27(13-16)23(29)15-6-3-2-4-7-15/h2-4,6-7,12,14,16H,5,8-11,13H2,1H3,(H,24,28). The molecule has 1 saturated carbocycles. The first kappa shape index (κ1) is 18.8. The van der Waals surface area contributed by atoms with Gasteiger partial charge in [0.2, 0.25) is 0 Å². The molecule has 1 aliphatic carbocycles. The number of rotatable bonds is 4. The third-order valence-electron chi connectivity index (χ3n) is 6.08. The number of fused-ring (bicyclic) bond motifs is 1. The lowest BCUT2D eigenvalue weighted by Crippen LogP contribution is -2.39. The number of carbonyl (C=O) groups excluding carboxylic acids is 2. The SMILES string of the molecule is CNC(=O)c1cc(C2CC2)nc2onc(C3CCCN(C(=O)c4ccccc4)C3)c12. The van der Waals surface area contributed by atoms with Crippen molar-refractivity contribution in [2.75, 3.05) is 20.1 Å². The van der Waals surface area contributed by atoms with Gasteiger partial charge in [-0.15, -0.1) is 0 Å². The van der Waals surface area contributed by atoms with Gasteiger partial charge in [0.25, 0.3) is 17.5 Å². The van der Waals surface area contributed by atoms with Gasteiger partial charge in [-0.1, -0.05) is 23.4 Å². The van der Waals surface area contributed by atoms with Crippen LogP contribution in [0.1, 0.15) is 69.6 Å². The zero-order chi connectivity index (χ0) is 20.7. The van der Waals surface area contributed by atoms with Crippen molar-refractivity contribution in [3.63, 3.8) is 0 Å². The Morgan fingerprint density at radius 1 is 1.13 bits per heavy atom. The van der Waals surface area contributed by atoms with E-state index in [1.807, 2.05) is 41.3 Å². The van der Waals surface area contributed by atoms with Crippen molar-refractivity contribution >= 4 is 22.9 Å². The van der Waals surface area contributed by atoms with E-state index in [1.165, 1.54) is 0 Å². The molecule has 0 spiro atoms. The quantitative estimate of drug-likeness (QED) is 0.719. The minimum atomic E-state index is -0.165. The van der Waals surface area contributed by atoms with Crippen LogP contribution in [0.3, 0.4) is 0 Å². The van der Waals surface area contributed by atoms with Gasteiger partial charge < -0.3 is 14.7 Å². The first-order valence-electron chi connectivity index (χ1n) is 10.5. The maximum atomic E-state index is 12.9. The van der Waals surface area contributed by atoms with Crippen LogP contribution in [0.15, 0.2) is 40.9 Å². The fourth-order valence-electron chi connectivity index (χ4n) is 4.32. The molecule has 1 aromatic carbocycles. The van der Waals surface area contributed by atoms with Gasteiger partial charge in [0, 0.05) is 43.2 Å². The molecule has 1 N–H and O–H groups in total. The van der Waals surface area contributed by atoms with E-state index >= 15 is 0 Å². The molecule has 1 unspecified atom stereocenters. The van der Waals surface area contributed by atoms with Crippen LogP contribution in [0.5, 0.6) is 0 Å². The van der Waals surface area contributed by atoms with Crippen molar-refractivity contribution < 1.29 is 14.1 Å². The monoisotopic (exact) mass is 404 g/mol. The van der Waals surface area contributed by atoms with Gasteiger partial charge >= 0.3 is 0 Å². The van der Waals surface area contributed by atoms with Crippen LogP contribution in [0.2, 0.25) is 0 Å². The Labute approximate surface area is 174 Å². The third-order valence-corrected chi connectivity index (χ3v) is 6.08. The molecule has 5 rings (SSSR count). The number of piperidine rings is 1. The second kappa shape index (κ2) is 7.55. The largest absolute Gasteiger partial charge is 0.355 e. The van der Waals surface area contributed by atoms with E-state index in [-0.39, 0.29) is 17.7 Å². The number of amides is 2. The number of hydrogen-bond donors (Lipinski definition) is 1. The molecule has 30 heavy (non-hydrogen) atoms. The highest BCUT2D eigenvalue weighted by Gasteiger charge is 2.33. The molecule has 154 valence electrons. The summed E-state index contributed by atoms with van der Waals surface area (Å²) in [4.78, 5) is 32.1. The van der Waals surface area contributed by atoms with Crippen LogP contribution in [0.4, 0.5) is 0 Å². The molecule has 0 radical (unpaired) electrons. The Kier molecular flexibility index (Phi) is 4.73. The van der Waals surface area contributed by atoms with Gasteiger partial charge in [0.1, 0.15) is 0 Å². The maximum absolute atomic E-state index is 12.9. The second-order valence-corrected chi connectivity index (χ2v) is 8.15. The highest BCUT2D eigenvalue weighted by Crippen LogP contribution is 2.41. The topological polar surface area (TPSA) is 88.3 Å². The molecule has 3 heterocycles. The summed E-state index contributed by atoms with van der Waals surface area (Å²) in [6.07, 6.45) is 3.94. The Morgan fingerprint density at radius 3 is 2.67 bits per heavy atom. The van der Waals surface area contributed by atoms with E-state index < -0.39 is 0 Å². The van der Waals surface area contributed by atoms with Gasteiger partial charge in [0.05, 0.1) is 16.6 Å². The third kappa shape index (κ3) is 3.34. The van der Waals surface area contributed by atoms with Crippen molar-refractivity contribution in [3.8, 4) is 0 Å². The summed E-state index contributed by atoms with van der Waals surface area (Å²) in [6, 6.07) is 11.2. The van der Waals surface area contributed by atoms with Crippen LogP contribution in [-0.2, 0) is 0 Å². The molecule has 2 aliphatic rings. The average molecular weight is 404 g/mol. The summed E-state index contributed by atoms with van der Waals surface area (Å²) in [5, 5.41) is 7.73. The van der Waals surface area contributed by atoms with Crippen LogP contribution < -0.4 is 5.32 Å². The normalized spacial score (nSPS) is 19.1. The predicted octanol–water partition coefficient (Wildman–Crippen LogP) is 3.48. The van der Waals surface area contributed by atoms with Crippen molar-refractivity contribution in [2.45, 2.75) is 37.5 Å². The Balaban J connectivity index is 1.49. The molecule has 2 aromatic heterocycles. The molecule has 1 atom stereocenters. The predicted molar refractivity (Wildman–Crippen MR) is 111 cm³/mol. The Morgan fingerprint density at radius 2 is 1.93 bits per heavy atom. The highest BCUT2D eigenvalue weighted by molar-refractivity contribution is 6.06. The number of pyridine rings is 1. The smallest absolute Gasteiger partial charge is 0.259 e. The van der Waals surface area contributed by atoms with Crippen LogP contribution in [0.25, 0.3) is 11.1 Å². The molecule has 1 saturated heterocycles. The molecule has 7 heteroatoms. The van der Waals surface area contributed by atoms with E-state index in [4.69, 9.17) is 4.52 Å². The minimum Gasteiger partial charge on any atom is -0.355 e. The van der Waals surface area contributed by atoms with E-state index in [9.17, 15) is 9.59 Å². The number of hydrogen-bond acceptors (Lipinski definition) is 5. The Bertz CT molecular complexity index is 1100. The first-order chi connectivity index (χ1) is 14.7. The fourth-order valence-corrected chi connectivity index (χ4v) is 4.32. The zero-order valence-corrected chi connectivity index (χ0v) is 16.9. The summed E-state index contributed by atoms with van der Waals surface area (Å²) in [6.45, 7) is 1.26. The number of likely N-dealkylation sites (tertiary alicyclic amines) is 1. The first-order valence-corrected chi connectivity index (χ1v) is 10.5. The van der Waals surface area contributed by atoms with E-state index in [1.54, 1.807) is 7.05 Å². The van der Waals surface area contributed by atoms with Gasteiger partial charge in [0.15, 0.2) is 0 Å². The molecular weight excluding hydrogens is 380 g/mol. The number of nitrogens with zero attached hydrogens (tertiary/aromatic N) is 3. The number of carbonyl (C=O) groups is 2. The molecule has 3 aromatic rings. The van der Waals surface area contributed by atoms with Crippen molar-refractivity contribution in [1.29, 1.82) is 0 Å². The van der Waals surface area contributed by atoms with E-state index in [2.05, 4.69) is 15.5 Å². The van der Waals surface area contributed by atoms with Gasteiger partial charge in [-0.25, -0.2) is 4.98 Å². The minimum absolute atomic E-state index is 0.00430. The number of benzene rings is 1. The summed E-state index contributed by atoms with van der Waals surface area (Å²) < 4.78 is 5.59. The number of nitrogens with one attached hydrogen (secondary N) is 1. The van der Waals surface area contributed by atoms with Crippen molar-refractivity contribution in [2.24, 2.45) is 0 Å². The average Bonchev–Trinajstić information content (AvgIpc) is 3.57. The lowest BCUT2D eigenvalue weighted by Gasteiger charge is -2.32. The van der Waals surface area contributed by atoms with Crippen LogP contribution in [0, 0.1) is 0 Å². The second-order valence-electron chi connectivity index (χ2n) is 8.15. The highest BCUT2D eigenvalue weighted by atomic mass is 16.5. The molecule has 1 aliphatic heterocycles. The maximum Gasteiger partial charge on any atom is 0.259 e. The lowest BCUT2D eigenvalue weighted by molar-refractivity contribution is 0.0704. The fraction of sp³-hybridized carbons (Fsp3) is 0.391. The summed E-state index contributed by atoms with van der Waals surface area (Å²) in [5.74, 6) is 0.264. The molecule has 2 amide bonds. The number of aromatic nitrogens is 2. The lowest BCUT2D eigenvalue weighted by atomic mass is 9.91. The molecule has 2 fully saturated rings. The molecule has 7 nitrogen and oxygen atoms in total. The van der Waals surface area contributed by atoms with Crippen molar-refractivity contribution in [3.05, 3.63) is 58.9 Å². The summed E-state index contributed by atoms with van der Waals surface area (Å²) in [7, 11) is 1.62. The summed E-state index contributed by atoms with van der Waals surface area (Å²) >= 11 is 0. The van der Waals surface area contributed by atoms with Crippen molar-refractivity contribution in [1.82, 2.24) is 20.4 Å².